The van der Waals surface area contributed by atoms with Gasteiger partial charge in [0, 0.05) is 5.56 Å². The van der Waals surface area contributed by atoms with Crippen LogP contribution < -0.4 is 11.1 Å². The van der Waals surface area contributed by atoms with Crippen molar-refractivity contribution >= 4 is 22.6 Å². The van der Waals surface area contributed by atoms with E-state index < -0.39 is 11.9 Å². The van der Waals surface area contributed by atoms with E-state index in [1.165, 1.54) is 0 Å². The third kappa shape index (κ3) is 4.09. The Morgan fingerprint density at radius 1 is 1.16 bits per heavy atom. The van der Waals surface area contributed by atoms with Crippen LogP contribution in [0.4, 0.5) is 5.95 Å². The fourth-order valence-electron chi connectivity index (χ4n) is 2.73. The summed E-state index contributed by atoms with van der Waals surface area (Å²) in [5.41, 5.74) is 7.10. The molecule has 6 nitrogen and oxygen atoms in total. The van der Waals surface area contributed by atoms with Gasteiger partial charge in [-0.05, 0) is 29.2 Å². The number of nitrogens with two attached hydrogens (primary N) is 1. The summed E-state index contributed by atoms with van der Waals surface area (Å²) in [4.78, 5) is 16.1. The number of hydrogen-bond donors (Lipinski definition) is 2. The SMILES string of the molecule is CC(C)C[C@H](Nc1nncc(-c2ccc3ccccc3c2)n1)C(N)=O. The predicted molar refractivity (Wildman–Crippen MR) is 98.8 cm³/mol. The number of anilines is 1. The van der Waals surface area contributed by atoms with Crippen molar-refractivity contribution in [2.45, 2.75) is 26.3 Å². The highest BCUT2D eigenvalue weighted by Gasteiger charge is 2.18. The van der Waals surface area contributed by atoms with Crippen LogP contribution in [-0.4, -0.2) is 27.1 Å². The summed E-state index contributed by atoms with van der Waals surface area (Å²) in [6.07, 6.45) is 2.22. The molecular formula is C19H21N5O. The van der Waals surface area contributed by atoms with Gasteiger partial charge in [0.05, 0.1) is 11.9 Å². The quantitative estimate of drug-likeness (QED) is 0.722. The van der Waals surface area contributed by atoms with Crippen molar-refractivity contribution in [1.82, 2.24) is 15.2 Å². The lowest BCUT2D eigenvalue weighted by Crippen LogP contribution is -2.37. The topological polar surface area (TPSA) is 93.8 Å². The molecule has 1 heterocycles. The molecule has 128 valence electrons. The molecule has 0 spiro atoms. The Hall–Kier alpha value is -3.02. The van der Waals surface area contributed by atoms with Gasteiger partial charge >= 0.3 is 0 Å². The Morgan fingerprint density at radius 2 is 1.92 bits per heavy atom. The second-order valence-electron chi connectivity index (χ2n) is 6.46. The highest BCUT2D eigenvalue weighted by Crippen LogP contribution is 2.23. The summed E-state index contributed by atoms with van der Waals surface area (Å²) in [7, 11) is 0. The third-order valence-corrected chi connectivity index (χ3v) is 3.96. The Morgan fingerprint density at radius 3 is 2.64 bits per heavy atom. The minimum absolute atomic E-state index is 0.301. The van der Waals surface area contributed by atoms with Gasteiger partial charge in [-0.25, -0.2) is 4.98 Å². The van der Waals surface area contributed by atoms with Crippen LogP contribution in [0.1, 0.15) is 20.3 Å². The number of carbonyl (C=O) groups excluding carboxylic acids is 1. The van der Waals surface area contributed by atoms with Crippen LogP contribution in [-0.2, 0) is 4.79 Å². The first kappa shape index (κ1) is 16.8. The summed E-state index contributed by atoms with van der Waals surface area (Å²) in [6.45, 7) is 4.06. The zero-order valence-electron chi connectivity index (χ0n) is 14.3. The van der Waals surface area contributed by atoms with Crippen LogP contribution in [0.2, 0.25) is 0 Å². The standard InChI is InChI=1S/C19H21N5O/c1-12(2)9-16(18(20)25)22-19-23-17(11-21-24-19)15-8-7-13-5-3-4-6-14(13)10-15/h3-8,10-12,16H,9H2,1-2H3,(H2,20,25)(H,22,23,24)/t16-/m0/s1. The van der Waals surface area contributed by atoms with E-state index in [2.05, 4.69) is 38.7 Å². The van der Waals surface area contributed by atoms with Gasteiger partial charge in [-0.15, -0.1) is 5.10 Å². The van der Waals surface area contributed by atoms with E-state index in [1.54, 1.807) is 6.20 Å². The highest BCUT2D eigenvalue weighted by molar-refractivity contribution is 5.86. The van der Waals surface area contributed by atoms with Gasteiger partial charge in [-0.1, -0.05) is 50.2 Å². The highest BCUT2D eigenvalue weighted by atomic mass is 16.1. The molecule has 1 amide bonds. The van der Waals surface area contributed by atoms with E-state index in [4.69, 9.17) is 5.73 Å². The van der Waals surface area contributed by atoms with Gasteiger partial charge in [-0.2, -0.15) is 5.10 Å². The first-order valence-corrected chi connectivity index (χ1v) is 8.27. The average Bonchev–Trinajstić information content (AvgIpc) is 2.60. The molecule has 0 aliphatic carbocycles. The predicted octanol–water partition coefficient (Wildman–Crippen LogP) is 3.00. The third-order valence-electron chi connectivity index (χ3n) is 3.96. The molecule has 0 aliphatic heterocycles. The molecular weight excluding hydrogens is 314 g/mol. The number of carbonyl (C=O) groups is 1. The molecule has 0 aliphatic rings. The number of nitrogens with one attached hydrogen (secondary N) is 1. The molecule has 0 unspecified atom stereocenters. The van der Waals surface area contributed by atoms with Crippen molar-refractivity contribution < 1.29 is 4.79 Å². The van der Waals surface area contributed by atoms with E-state index in [0.717, 1.165) is 16.3 Å². The van der Waals surface area contributed by atoms with Gasteiger partial charge in [0.15, 0.2) is 0 Å². The Bertz CT molecular complexity index is 894. The van der Waals surface area contributed by atoms with Crippen LogP contribution in [0.5, 0.6) is 0 Å². The molecule has 0 fully saturated rings. The van der Waals surface area contributed by atoms with E-state index >= 15 is 0 Å². The molecule has 25 heavy (non-hydrogen) atoms. The first-order chi connectivity index (χ1) is 12.0. The maximum atomic E-state index is 11.6. The summed E-state index contributed by atoms with van der Waals surface area (Å²) >= 11 is 0. The number of amides is 1. The second-order valence-corrected chi connectivity index (χ2v) is 6.46. The van der Waals surface area contributed by atoms with Crippen molar-refractivity contribution in [2.24, 2.45) is 11.7 Å². The van der Waals surface area contributed by atoms with Crippen LogP contribution in [0.3, 0.4) is 0 Å². The fraction of sp³-hybridized carbons (Fsp3) is 0.263. The number of benzene rings is 2. The molecule has 0 radical (unpaired) electrons. The number of aromatic nitrogens is 3. The molecule has 0 bridgehead atoms. The van der Waals surface area contributed by atoms with Gasteiger partial charge in [0.2, 0.25) is 11.9 Å². The molecule has 3 aromatic rings. The normalized spacial score (nSPS) is 12.3. The van der Waals surface area contributed by atoms with E-state index in [0.29, 0.717) is 24.0 Å². The second kappa shape index (κ2) is 7.25. The number of hydrogen-bond acceptors (Lipinski definition) is 5. The van der Waals surface area contributed by atoms with Crippen LogP contribution >= 0.6 is 0 Å². The van der Waals surface area contributed by atoms with Crippen molar-refractivity contribution in [2.75, 3.05) is 5.32 Å². The minimum Gasteiger partial charge on any atom is -0.368 e. The van der Waals surface area contributed by atoms with E-state index in [-0.39, 0.29) is 0 Å². The van der Waals surface area contributed by atoms with Crippen LogP contribution in [0.15, 0.2) is 48.7 Å². The lowest BCUT2D eigenvalue weighted by atomic mass is 10.0. The van der Waals surface area contributed by atoms with Gasteiger partial charge in [-0.3, -0.25) is 4.79 Å². The maximum Gasteiger partial charge on any atom is 0.243 e. The largest absolute Gasteiger partial charge is 0.368 e. The van der Waals surface area contributed by atoms with Crippen LogP contribution in [0, 0.1) is 5.92 Å². The number of primary amides is 1. The Labute approximate surface area is 146 Å². The van der Waals surface area contributed by atoms with Crippen molar-refractivity contribution in [1.29, 1.82) is 0 Å². The van der Waals surface area contributed by atoms with Gasteiger partial charge < -0.3 is 11.1 Å². The molecule has 0 saturated carbocycles. The molecule has 3 N–H and O–H groups in total. The monoisotopic (exact) mass is 335 g/mol. The smallest absolute Gasteiger partial charge is 0.243 e. The molecule has 0 saturated heterocycles. The summed E-state index contributed by atoms with van der Waals surface area (Å²) in [5.74, 6) is 0.199. The van der Waals surface area contributed by atoms with Crippen LogP contribution in [0.25, 0.3) is 22.0 Å². The zero-order chi connectivity index (χ0) is 17.8. The van der Waals surface area contributed by atoms with Gasteiger partial charge in [0.1, 0.15) is 6.04 Å². The molecule has 2 aromatic carbocycles. The number of fused-ring (bicyclic) bond motifs is 1. The molecule has 1 aromatic heterocycles. The lowest BCUT2D eigenvalue weighted by Gasteiger charge is -2.17. The average molecular weight is 335 g/mol. The van der Waals surface area contributed by atoms with E-state index in [9.17, 15) is 4.79 Å². The summed E-state index contributed by atoms with van der Waals surface area (Å²) < 4.78 is 0. The zero-order valence-corrected chi connectivity index (χ0v) is 14.3. The lowest BCUT2D eigenvalue weighted by molar-refractivity contribution is -0.119. The summed E-state index contributed by atoms with van der Waals surface area (Å²) in [5, 5.41) is 13.3. The summed E-state index contributed by atoms with van der Waals surface area (Å²) in [6, 6.07) is 13.7. The molecule has 3 rings (SSSR count). The van der Waals surface area contributed by atoms with E-state index in [1.807, 2.05) is 38.1 Å². The maximum absolute atomic E-state index is 11.6. The Kier molecular flexibility index (Phi) is 4.88. The molecule has 1 atom stereocenters. The first-order valence-electron chi connectivity index (χ1n) is 8.27. The van der Waals surface area contributed by atoms with Gasteiger partial charge in [0.25, 0.3) is 0 Å². The van der Waals surface area contributed by atoms with Crippen molar-refractivity contribution in [3.8, 4) is 11.3 Å². The number of nitrogens with zero attached hydrogens (tertiary/aromatic N) is 3. The van der Waals surface area contributed by atoms with Crippen molar-refractivity contribution in [3.05, 3.63) is 48.7 Å². The minimum atomic E-state index is -0.520. The fourth-order valence-corrected chi connectivity index (χ4v) is 2.73. The van der Waals surface area contributed by atoms with Crippen molar-refractivity contribution in [3.63, 3.8) is 0 Å². The number of rotatable bonds is 6. The Balaban J connectivity index is 1.88. The molecule has 6 heteroatoms.